The van der Waals surface area contributed by atoms with Crippen molar-refractivity contribution in [3.05, 3.63) is 50.1 Å². The quantitative estimate of drug-likeness (QED) is 0.864. The van der Waals surface area contributed by atoms with Crippen molar-refractivity contribution >= 4 is 52.0 Å². The zero-order valence-electron chi connectivity index (χ0n) is 11.4. The van der Waals surface area contributed by atoms with E-state index in [-0.39, 0.29) is 11.8 Å². The van der Waals surface area contributed by atoms with Gasteiger partial charge in [0.2, 0.25) is 0 Å². The van der Waals surface area contributed by atoms with Crippen LogP contribution in [-0.2, 0) is 0 Å². The average molecular weight is 355 g/mol. The first-order chi connectivity index (χ1) is 10.5. The van der Waals surface area contributed by atoms with Gasteiger partial charge >= 0.3 is 0 Å². The normalized spacial score (nSPS) is 13.7. The number of thiophene rings is 1. The minimum atomic E-state index is -0.330. The van der Waals surface area contributed by atoms with Gasteiger partial charge in [-0.05, 0) is 43.2 Å². The monoisotopic (exact) mass is 354 g/mol. The summed E-state index contributed by atoms with van der Waals surface area (Å²) in [6, 6.07) is 8.56. The first kappa shape index (κ1) is 15.3. The molecule has 7 heteroatoms. The Hall–Kier alpha value is -1.56. The van der Waals surface area contributed by atoms with Crippen LogP contribution in [0.1, 0.15) is 33.6 Å². The highest BCUT2D eigenvalue weighted by atomic mass is 35.5. The highest BCUT2D eigenvalue weighted by molar-refractivity contribution is 7.20. The standard InChI is InChI=1S/C15H12Cl2N2O2S/c16-12-7-11(13(17)22-12)15(21)19-9-3-1-8(2-4-9)14(20)18-10-5-6-10/h1-4,7,10H,5-6H2,(H,18,20)(H,19,21). The second-order valence-electron chi connectivity index (χ2n) is 5.02. The molecule has 0 aliphatic heterocycles. The van der Waals surface area contributed by atoms with Gasteiger partial charge in [-0.2, -0.15) is 0 Å². The van der Waals surface area contributed by atoms with Gasteiger partial charge in [-0.15, -0.1) is 11.3 Å². The molecule has 0 unspecified atom stereocenters. The van der Waals surface area contributed by atoms with Crippen molar-refractivity contribution in [2.45, 2.75) is 18.9 Å². The summed E-state index contributed by atoms with van der Waals surface area (Å²) < 4.78 is 0.810. The molecule has 2 aromatic rings. The maximum atomic E-state index is 12.1. The summed E-state index contributed by atoms with van der Waals surface area (Å²) >= 11 is 12.9. The molecule has 0 bridgehead atoms. The van der Waals surface area contributed by atoms with Crippen LogP contribution in [0, 0.1) is 0 Å². The number of rotatable bonds is 4. The number of hydrogen-bond acceptors (Lipinski definition) is 3. The van der Waals surface area contributed by atoms with Crippen molar-refractivity contribution in [3.8, 4) is 0 Å². The van der Waals surface area contributed by atoms with Gasteiger partial charge < -0.3 is 10.6 Å². The van der Waals surface area contributed by atoms with Crippen LogP contribution in [0.25, 0.3) is 0 Å². The molecule has 1 aliphatic rings. The fourth-order valence-electron chi connectivity index (χ4n) is 1.89. The second-order valence-corrected chi connectivity index (χ2v) is 7.30. The third kappa shape index (κ3) is 3.61. The Labute approximate surface area is 141 Å². The van der Waals surface area contributed by atoms with E-state index in [2.05, 4.69) is 10.6 Å². The Balaban J connectivity index is 1.66. The Morgan fingerprint density at radius 2 is 1.77 bits per heavy atom. The van der Waals surface area contributed by atoms with Crippen LogP contribution in [-0.4, -0.2) is 17.9 Å². The minimum Gasteiger partial charge on any atom is -0.349 e. The molecule has 3 rings (SSSR count). The summed E-state index contributed by atoms with van der Waals surface area (Å²) in [5.74, 6) is -0.420. The van der Waals surface area contributed by atoms with E-state index >= 15 is 0 Å². The zero-order valence-corrected chi connectivity index (χ0v) is 13.7. The molecule has 1 aromatic heterocycles. The molecule has 1 aliphatic carbocycles. The third-order valence-corrected chi connectivity index (χ3v) is 4.71. The number of halogens is 2. The molecule has 0 spiro atoms. The van der Waals surface area contributed by atoms with Gasteiger partial charge in [0, 0.05) is 17.3 Å². The van der Waals surface area contributed by atoms with Crippen molar-refractivity contribution in [1.29, 1.82) is 0 Å². The molecule has 0 radical (unpaired) electrons. The lowest BCUT2D eigenvalue weighted by Gasteiger charge is -2.06. The van der Waals surface area contributed by atoms with Crippen molar-refractivity contribution in [2.24, 2.45) is 0 Å². The number of nitrogens with one attached hydrogen (secondary N) is 2. The third-order valence-electron chi connectivity index (χ3n) is 3.22. The SMILES string of the molecule is O=C(NC1CC1)c1ccc(NC(=O)c2cc(Cl)sc2Cl)cc1. The maximum Gasteiger partial charge on any atom is 0.258 e. The molecule has 114 valence electrons. The van der Waals surface area contributed by atoms with E-state index in [1.165, 1.54) is 6.07 Å². The van der Waals surface area contributed by atoms with Gasteiger partial charge in [0.1, 0.15) is 4.34 Å². The number of amides is 2. The Morgan fingerprint density at radius 1 is 1.09 bits per heavy atom. The van der Waals surface area contributed by atoms with Crippen molar-refractivity contribution in [3.63, 3.8) is 0 Å². The lowest BCUT2D eigenvalue weighted by atomic mass is 10.2. The summed E-state index contributed by atoms with van der Waals surface area (Å²) in [5.41, 5.74) is 1.50. The van der Waals surface area contributed by atoms with E-state index in [1.807, 2.05) is 0 Å². The van der Waals surface area contributed by atoms with Crippen LogP contribution in [0.2, 0.25) is 8.67 Å². The van der Waals surface area contributed by atoms with Gasteiger partial charge in [-0.25, -0.2) is 0 Å². The van der Waals surface area contributed by atoms with Gasteiger partial charge in [-0.1, -0.05) is 23.2 Å². The second kappa shape index (κ2) is 6.28. The first-order valence-electron chi connectivity index (χ1n) is 6.70. The summed E-state index contributed by atoms with van der Waals surface area (Å²) in [6.07, 6.45) is 2.09. The number of carbonyl (C=O) groups is 2. The Kier molecular flexibility index (Phi) is 4.38. The number of hydrogen-bond donors (Lipinski definition) is 2. The number of carbonyl (C=O) groups excluding carboxylic acids is 2. The van der Waals surface area contributed by atoms with E-state index in [0.717, 1.165) is 24.2 Å². The fraction of sp³-hybridized carbons (Fsp3) is 0.200. The van der Waals surface area contributed by atoms with Crippen LogP contribution in [0.5, 0.6) is 0 Å². The van der Waals surface area contributed by atoms with Crippen LogP contribution >= 0.6 is 34.5 Å². The molecule has 22 heavy (non-hydrogen) atoms. The highest BCUT2D eigenvalue weighted by Gasteiger charge is 2.23. The Morgan fingerprint density at radius 3 is 2.32 bits per heavy atom. The molecular formula is C15H12Cl2N2O2S. The van der Waals surface area contributed by atoms with Gasteiger partial charge in [-0.3, -0.25) is 9.59 Å². The van der Waals surface area contributed by atoms with Gasteiger partial charge in [0.25, 0.3) is 11.8 Å². The first-order valence-corrected chi connectivity index (χ1v) is 8.27. The molecular weight excluding hydrogens is 343 g/mol. The molecule has 0 saturated heterocycles. The van der Waals surface area contributed by atoms with E-state index in [1.54, 1.807) is 24.3 Å². The lowest BCUT2D eigenvalue weighted by molar-refractivity contribution is 0.0950. The molecule has 2 N–H and O–H groups in total. The van der Waals surface area contributed by atoms with Crippen LogP contribution in [0.15, 0.2) is 30.3 Å². The molecule has 1 saturated carbocycles. The number of benzene rings is 1. The maximum absolute atomic E-state index is 12.1. The van der Waals surface area contributed by atoms with E-state index < -0.39 is 0 Å². The predicted octanol–water partition coefficient (Wildman–Crippen LogP) is 4.20. The Bertz CT molecular complexity index is 724. The molecule has 4 nitrogen and oxygen atoms in total. The fourth-order valence-corrected chi connectivity index (χ4v) is 3.35. The van der Waals surface area contributed by atoms with Gasteiger partial charge in [0.15, 0.2) is 0 Å². The molecule has 1 heterocycles. The smallest absolute Gasteiger partial charge is 0.258 e. The molecule has 0 atom stereocenters. The van der Waals surface area contributed by atoms with E-state index in [9.17, 15) is 9.59 Å². The molecule has 2 amide bonds. The summed E-state index contributed by atoms with van der Waals surface area (Å²) in [7, 11) is 0. The minimum absolute atomic E-state index is 0.0898. The van der Waals surface area contributed by atoms with Crippen LogP contribution in [0.4, 0.5) is 5.69 Å². The van der Waals surface area contributed by atoms with E-state index in [0.29, 0.717) is 31.5 Å². The van der Waals surface area contributed by atoms with Crippen LogP contribution < -0.4 is 10.6 Å². The number of anilines is 1. The average Bonchev–Trinajstić information content (AvgIpc) is 3.22. The predicted molar refractivity (Wildman–Crippen MR) is 89.2 cm³/mol. The molecule has 1 fully saturated rings. The lowest BCUT2D eigenvalue weighted by Crippen LogP contribution is -2.25. The van der Waals surface area contributed by atoms with Gasteiger partial charge in [0.05, 0.1) is 9.90 Å². The van der Waals surface area contributed by atoms with E-state index in [4.69, 9.17) is 23.2 Å². The summed E-state index contributed by atoms with van der Waals surface area (Å²) in [6.45, 7) is 0. The summed E-state index contributed by atoms with van der Waals surface area (Å²) in [5, 5.41) is 5.63. The van der Waals surface area contributed by atoms with Crippen molar-refractivity contribution in [1.82, 2.24) is 5.32 Å². The van der Waals surface area contributed by atoms with Crippen molar-refractivity contribution < 1.29 is 9.59 Å². The molecule has 1 aromatic carbocycles. The summed E-state index contributed by atoms with van der Waals surface area (Å²) in [4.78, 5) is 24.0. The topological polar surface area (TPSA) is 58.2 Å². The van der Waals surface area contributed by atoms with Crippen molar-refractivity contribution in [2.75, 3.05) is 5.32 Å². The highest BCUT2D eigenvalue weighted by Crippen LogP contribution is 2.31. The zero-order chi connectivity index (χ0) is 15.7. The largest absolute Gasteiger partial charge is 0.349 e. The van der Waals surface area contributed by atoms with Crippen LogP contribution in [0.3, 0.4) is 0 Å².